The van der Waals surface area contributed by atoms with E-state index in [4.69, 9.17) is 14.2 Å². The van der Waals surface area contributed by atoms with E-state index in [9.17, 15) is 14.4 Å². The van der Waals surface area contributed by atoms with Crippen LogP contribution < -0.4 is 0 Å². The predicted molar refractivity (Wildman–Crippen MR) is 157 cm³/mol. The van der Waals surface area contributed by atoms with Crippen LogP contribution in [0.2, 0.25) is 0 Å². The van der Waals surface area contributed by atoms with Crippen LogP contribution in [0.3, 0.4) is 0 Å². The number of esters is 3. The fourth-order valence-electron chi connectivity index (χ4n) is 4.22. The topological polar surface area (TPSA) is 78.9 Å². The van der Waals surface area contributed by atoms with Crippen LogP contribution >= 0.6 is 0 Å². The number of ether oxygens (including phenoxy) is 3. The molecule has 0 radical (unpaired) electrons. The van der Waals surface area contributed by atoms with Gasteiger partial charge in [0.05, 0.1) is 36.5 Å². The van der Waals surface area contributed by atoms with Crippen LogP contribution in [0, 0.1) is 17.8 Å². The Hall–Kier alpha value is -2.37. The molecule has 0 aliphatic carbocycles. The van der Waals surface area contributed by atoms with Crippen molar-refractivity contribution in [3.63, 3.8) is 0 Å². The van der Waals surface area contributed by atoms with Crippen LogP contribution in [0.1, 0.15) is 150 Å². The first-order chi connectivity index (χ1) is 18.6. The van der Waals surface area contributed by atoms with E-state index >= 15 is 0 Å². The molecule has 0 atom stereocenters. The van der Waals surface area contributed by atoms with E-state index in [1.54, 1.807) is 0 Å². The zero-order valence-electron chi connectivity index (χ0n) is 25.5. The van der Waals surface area contributed by atoms with E-state index in [0.717, 1.165) is 77.0 Å². The number of carbonyl (C=O) groups excluding carboxylic acids is 3. The molecule has 1 aromatic rings. The third kappa shape index (κ3) is 17.0. The van der Waals surface area contributed by atoms with Crippen molar-refractivity contribution in [2.45, 2.75) is 119 Å². The van der Waals surface area contributed by atoms with Gasteiger partial charge in [0.1, 0.15) is 0 Å². The molecule has 0 amide bonds. The molecule has 6 nitrogen and oxygen atoms in total. The smallest absolute Gasteiger partial charge is 0.338 e. The van der Waals surface area contributed by atoms with Crippen molar-refractivity contribution in [1.29, 1.82) is 0 Å². The number of hydrogen-bond donors (Lipinski definition) is 0. The van der Waals surface area contributed by atoms with Gasteiger partial charge in [0, 0.05) is 0 Å². The summed E-state index contributed by atoms with van der Waals surface area (Å²) in [5, 5.41) is 0. The van der Waals surface area contributed by atoms with Gasteiger partial charge in [-0.3, -0.25) is 0 Å². The van der Waals surface area contributed by atoms with Crippen molar-refractivity contribution in [2.24, 2.45) is 17.8 Å². The van der Waals surface area contributed by atoms with Crippen molar-refractivity contribution < 1.29 is 28.6 Å². The molecule has 0 saturated carbocycles. The summed E-state index contributed by atoms with van der Waals surface area (Å²) >= 11 is 0. The highest BCUT2D eigenvalue weighted by Gasteiger charge is 2.19. The van der Waals surface area contributed by atoms with Crippen molar-refractivity contribution >= 4 is 17.9 Å². The molecule has 0 N–H and O–H groups in total. The van der Waals surface area contributed by atoms with Crippen molar-refractivity contribution in [3.05, 3.63) is 34.9 Å². The first-order valence-electron chi connectivity index (χ1n) is 15.3. The van der Waals surface area contributed by atoms with E-state index < -0.39 is 17.9 Å². The van der Waals surface area contributed by atoms with Crippen LogP contribution in [-0.4, -0.2) is 37.7 Å². The van der Waals surface area contributed by atoms with E-state index in [2.05, 4.69) is 41.5 Å². The fourth-order valence-corrected chi connectivity index (χ4v) is 4.22. The molecule has 0 saturated heterocycles. The molecular formula is C33H54O6. The molecule has 0 aromatic heterocycles. The van der Waals surface area contributed by atoms with Crippen LogP contribution in [0.15, 0.2) is 18.2 Å². The molecule has 222 valence electrons. The second kappa shape index (κ2) is 20.5. The van der Waals surface area contributed by atoms with Crippen LogP contribution in [-0.2, 0) is 14.2 Å². The second-order valence-corrected chi connectivity index (χ2v) is 11.9. The molecule has 0 heterocycles. The summed E-state index contributed by atoms with van der Waals surface area (Å²) in [6, 6.07) is 4.35. The van der Waals surface area contributed by atoms with Gasteiger partial charge in [0.15, 0.2) is 0 Å². The third-order valence-electron chi connectivity index (χ3n) is 6.62. The zero-order valence-corrected chi connectivity index (χ0v) is 25.5. The monoisotopic (exact) mass is 546 g/mol. The molecule has 39 heavy (non-hydrogen) atoms. The lowest BCUT2D eigenvalue weighted by Gasteiger charge is -2.11. The molecule has 0 aliphatic heterocycles. The maximum absolute atomic E-state index is 12.8. The Bertz CT molecular complexity index is 721. The van der Waals surface area contributed by atoms with Crippen molar-refractivity contribution in [3.8, 4) is 0 Å². The number of unbranched alkanes of at least 4 members (excludes halogenated alkanes) is 6. The molecule has 0 unspecified atom stereocenters. The minimum atomic E-state index is -0.551. The lowest BCUT2D eigenvalue weighted by Crippen LogP contribution is -2.14. The number of benzene rings is 1. The summed E-state index contributed by atoms with van der Waals surface area (Å²) in [5.41, 5.74) is 0.479. The Labute approximate surface area is 237 Å². The largest absolute Gasteiger partial charge is 0.462 e. The maximum atomic E-state index is 12.8. The molecule has 1 rings (SSSR count). The molecule has 0 spiro atoms. The summed E-state index contributed by atoms with van der Waals surface area (Å²) in [6.45, 7) is 14.1. The van der Waals surface area contributed by atoms with Gasteiger partial charge >= 0.3 is 17.9 Å². The van der Waals surface area contributed by atoms with Crippen molar-refractivity contribution in [2.75, 3.05) is 19.8 Å². The first kappa shape index (κ1) is 34.7. The average Bonchev–Trinajstić information content (AvgIpc) is 2.88. The molecule has 0 bridgehead atoms. The summed E-state index contributed by atoms with van der Waals surface area (Å²) < 4.78 is 16.4. The average molecular weight is 547 g/mol. The zero-order chi connectivity index (χ0) is 29.0. The summed E-state index contributed by atoms with van der Waals surface area (Å²) in [5.74, 6) is 0.328. The predicted octanol–water partition coefficient (Wildman–Crippen LogP) is 8.81. The molecule has 1 aromatic carbocycles. The molecule has 0 aliphatic rings. The number of hydrogen-bond acceptors (Lipinski definition) is 6. The second-order valence-electron chi connectivity index (χ2n) is 11.9. The summed E-state index contributed by atoms with van der Waals surface area (Å²) in [6.07, 6.45) is 12.1. The quantitative estimate of drug-likeness (QED) is 0.0871. The van der Waals surface area contributed by atoms with Gasteiger partial charge in [-0.1, -0.05) is 99.3 Å². The number of rotatable bonds is 21. The van der Waals surface area contributed by atoms with E-state index in [1.165, 1.54) is 18.2 Å². The Morgan fingerprint density at radius 2 is 0.718 bits per heavy atom. The normalized spacial score (nSPS) is 11.3. The van der Waals surface area contributed by atoms with Crippen LogP contribution in [0.5, 0.6) is 0 Å². The van der Waals surface area contributed by atoms with E-state index in [-0.39, 0.29) is 16.7 Å². The Morgan fingerprint density at radius 1 is 0.462 bits per heavy atom. The maximum Gasteiger partial charge on any atom is 0.338 e. The minimum absolute atomic E-state index is 0.160. The lowest BCUT2D eigenvalue weighted by molar-refractivity contribution is 0.0494. The molecular weight excluding hydrogens is 492 g/mol. The van der Waals surface area contributed by atoms with Crippen LogP contribution in [0.4, 0.5) is 0 Å². The Balaban J connectivity index is 2.76. The standard InChI is InChI=1S/C33H54O6/c1-25(2)16-10-7-13-19-37-31(34)28-22-29(32(35)38-20-14-8-11-17-26(3)4)24-30(23-28)33(36)39-21-15-9-12-18-27(5)6/h22-27H,7-21H2,1-6H3. The molecule has 6 heteroatoms. The third-order valence-corrected chi connectivity index (χ3v) is 6.62. The highest BCUT2D eigenvalue weighted by atomic mass is 16.5. The summed E-state index contributed by atoms with van der Waals surface area (Å²) in [4.78, 5) is 38.3. The van der Waals surface area contributed by atoms with Crippen LogP contribution in [0.25, 0.3) is 0 Å². The summed E-state index contributed by atoms with van der Waals surface area (Å²) in [7, 11) is 0. The molecule has 0 fully saturated rings. The highest BCUT2D eigenvalue weighted by Crippen LogP contribution is 2.17. The van der Waals surface area contributed by atoms with Gasteiger partial charge in [-0.2, -0.15) is 0 Å². The van der Waals surface area contributed by atoms with Gasteiger partial charge in [-0.05, 0) is 55.2 Å². The Morgan fingerprint density at radius 3 is 0.949 bits per heavy atom. The first-order valence-corrected chi connectivity index (χ1v) is 15.3. The van der Waals surface area contributed by atoms with E-state index in [0.29, 0.717) is 37.6 Å². The minimum Gasteiger partial charge on any atom is -0.462 e. The number of carbonyl (C=O) groups is 3. The van der Waals surface area contributed by atoms with Gasteiger partial charge in [0.25, 0.3) is 0 Å². The van der Waals surface area contributed by atoms with Gasteiger partial charge < -0.3 is 14.2 Å². The SMILES string of the molecule is CC(C)CCCCCOC(=O)c1cc(C(=O)OCCCCCC(C)C)cc(C(=O)OCCCCCC(C)C)c1. The Kier molecular flexibility index (Phi) is 18.2. The van der Waals surface area contributed by atoms with Gasteiger partial charge in [-0.15, -0.1) is 0 Å². The van der Waals surface area contributed by atoms with Gasteiger partial charge in [-0.25, -0.2) is 14.4 Å². The fraction of sp³-hybridized carbons (Fsp3) is 0.727. The van der Waals surface area contributed by atoms with E-state index in [1.807, 2.05) is 0 Å². The van der Waals surface area contributed by atoms with Gasteiger partial charge in [0.2, 0.25) is 0 Å². The highest BCUT2D eigenvalue weighted by molar-refractivity contribution is 6.00. The van der Waals surface area contributed by atoms with Crippen molar-refractivity contribution in [1.82, 2.24) is 0 Å². The lowest BCUT2D eigenvalue weighted by atomic mass is 10.0.